The lowest BCUT2D eigenvalue weighted by molar-refractivity contribution is 0.0934. The topological polar surface area (TPSA) is 53.2 Å². The van der Waals surface area contributed by atoms with E-state index in [-0.39, 0.29) is 5.11 Å². The number of nitrogens with one attached hydrogen (secondary N) is 3. The van der Waals surface area contributed by atoms with Crippen molar-refractivity contribution in [3.05, 3.63) is 60.0 Å². The van der Waals surface area contributed by atoms with Crippen molar-refractivity contribution in [2.75, 3.05) is 5.32 Å². The Morgan fingerprint density at radius 3 is 2.14 bits per heavy atom. The lowest BCUT2D eigenvalue weighted by Gasteiger charge is -2.28. The summed E-state index contributed by atoms with van der Waals surface area (Å²) in [7, 11) is 0. The first-order valence-corrected chi connectivity index (χ1v) is 11.8. The molecular formula is C17H13Br2Cl3IN3OS. The molecule has 0 aliphatic heterocycles. The number of benzene rings is 2. The monoisotopic (exact) mass is 697 g/mol. The van der Waals surface area contributed by atoms with E-state index in [4.69, 9.17) is 47.0 Å². The zero-order valence-corrected chi connectivity index (χ0v) is 22.5. The number of amides is 1. The Labute approximate surface area is 213 Å². The minimum absolute atomic E-state index is 0.171. The van der Waals surface area contributed by atoms with Gasteiger partial charge >= 0.3 is 0 Å². The first-order chi connectivity index (χ1) is 13.0. The molecule has 0 fully saturated rings. The van der Waals surface area contributed by atoms with E-state index in [2.05, 4.69) is 70.4 Å². The summed E-state index contributed by atoms with van der Waals surface area (Å²) in [6, 6.07) is 10.9. The summed E-state index contributed by atoms with van der Waals surface area (Å²) in [4.78, 5) is 12.5. The average molecular weight is 700 g/mol. The number of rotatable bonds is 4. The van der Waals surface area contributed by atoms with E-state index < -0.39 is 15.9 Å². The van der Waals surface area contributed by atoms with Gasteiger partial charge in [0.05, 0.1) is 5.69 Å². The maximum atomic E-state index is 12.5. The van der Waals surface area contributed by atoms with Crippen molar-refractivity contribution in [2.45, 2.75) is 16.9 Å². The zero-order chi connectivity index (χ0) is 21.1. The van der Waals surface area contributed by atoms with Gasteiger partial charge in [-0.1, -0.05) is 34.8 Å². The molecule has 11 heteroatoms. The molecule has 0 saturated heterocycles. The Kier molecular flexibility index (Phi) is 9.12. The molecule has 1 atom stereocenters. The molecule has 2 aromatic carbocycles. The third kappa shape index (κ3) is 7.14. The fraction of sp³-hybridized carbons (Fsp3) is 0.176. The molecule has 0 heterocycles. The van der Waals surface area contributed by atoms with Crippen molar-refractivity contribution < 1.29 is 4.79 Å². The SMILES string of the molecule is Cc1cc(Br)c(NC(=S)NC(NC(=O)c2ccc(I)cc2)C(Cl)(Cl)Cl)c(Br)c1. The second-order valence-electron chi connectivity index (χ2n) is 5.66. The van der Waals surface area contributed by atoms with Gasteiger partial charge in [0, 0.05) is 18.1 Å². The lowest BCUT2D eigenvalue weighted by atomic mass is 10.2. The average Bonchev–Trinajstić information content (AvgIpc) is 2.57. The van der Waals surface area contributed by atoms with Crippen LogP contribution in [0.1, 0.15) is 15.9 Å². The number of halogens is 6. The normalized spacial score (nSPS) is 12.2. The van der Waals surface area contributed by atoms with Gasteiger partial charge in [0.1, 0.15) is 6.17 Å². The molecule has 1 amide bonds. The molecule has 0 saturated carbocycles. The van der Waals surface area contributed by atoms with Gasteiger partial charge in [-0.3, -0.25) is 4.79 Å². The van der Waals surface area contributed by atoms with E-state index >= 15 is 0 Å². The predicted octanol–water partition coefficient (Wildman–Crippen LogP) is 6.54. The van der Waals surface area contributed by atoms with Crippen LogP contribution in [0.25, 0.3) is 0 Å². The molecule has 2 rings (SSSR count). The number of aryl methyl sites for hydroxylation is 1. The third-order valence-electron chi connectivity index (χ3n) is 3.41. The Balaban J connectivity index is 2.13. The molecule has 0 spiro atoms. The number of thiocarbonyl (C=S) groups is 1. The fourth-order valence-electron chi connectivity index (χ4n) is 2.12. The van der Waals surface area contributed by atoms with Crippen molar-refractivity contribution in [2.24, 2.45) is 0 Å². The van der Waals surface area contributed by atoms with Gasteiger partial charge in [-0.2, -0.15) is 0 Å². The molecule has 0 aliphatic carbocycles. The van der Waals surface area contributed by atoms with Gasteiger partial charge in [-0.25, -0.2) is 0 Å². The Morgan fingerprint density at radius 2 is 1.64 bits per heavy atom. The second-order valence-corrected chi connectivity index (χ2v) is 11.4. The number of anilines is 1. The Bertz CT molecular complexity index is 871. The van der Waals surface area contributed by atoms with Crippen molar-refractivity contribution in [3.63, 3.8) is 0 Å². The quantitative estimate of drug-likeness (QED) is 0.147. The number of alkyl halides is 3. The molecule has 150 valence electrons. The van der Waals surface area contributed by atoms with E-state index in [1.165, 1.54) is 0 Å². The van der Waals surface area contributed by atoms with Crippen LogP contribution in [0.2, 0.25) is 0 Å². The maximum absolute atomic E-state index is 12.5. The molecule has 0 bridgehead atoms. The smallest absolute Gasteiger partial charge is 0.252 e. The molecule has 0 aromatic heterocycles. The fourth-order valence-corrected chi connectivity index (χ4v) is 4.64. The van der Waals surface area contributed by atoms with Crippen LogP contribution in [-0.2, 0) is 0 Å². The van der Waals surface area contributed by atoms with Crippen LogP contribution in [-0.4, -0.2) is 21.0 Å². The standard InChI is InChI=1S/C17H13Br2Cl3IN3OS/c1-8-6-11(18)13(12(19)7-8)24-16(28)26-15(17(20,21)22)25-14(27)9-2-4-10(23)5-3-9/h2-7,15H,1H3,(H,25,27)(H2,24,26,28). The molecule has 0 aliphatic rings. The zero-order valence-electron chi connectivity index (χ0n) is 14.1. The minimum Gasteiger partial charge on any atom is -0.339 e. The van der Waals surface area contributed by atoms with Crippen molar-refractivity contribution in [3.8, 4) is 0 Å². The Morgan fingerprint density at radius 1 is 1.11 bits per heavy atom. The van der Waals surface area contributed by atoms with E-state index in [1.807, 2.05) is 31.2 Å². The highest BCUT2D eigenvalue weighted by atomic mass is 127. The summed E-state index contributed by atoms with van der Waals surface area (Å²) in [6.07, 6.45) is -1.06. The first kappa shape index (κ1) is 24.4. The second kappa shape index (κ2) is 10.5. The van der Waals surface area contributed by atoms with Crippen LogP contribution < -0.4 is 16.0 Å². The predicted molar refractivity (Wildman–Crippen MR) is 137 cm³/mol. The van der Waals surface area contributed by atoms with Gasteiger partial charge in [0.2, 0.25) is 3.79 Å². The van der Waals surface area contributed by atoms with Crippen LogP contribution in [0, 0.1) is 10.5 Å². The molecule has 28 heavy (non-hydrogen) atoms. The molecular weight excluding hydrogens is 687 g/mol. The van der Waals surface area contributed by atoms with E-state index in [9.17, 15) is 4.79 Å². The van der Waals surface area contributed by atoms with Gasteiger partial charge in [0.25, 0.3) is 5.91 Å². The number of carbonyl (C=O) groups excluding carboxylic acids is 1. The van der Waals surface area contributed by atoms with Crippen LogP contribution in [0.15, 0.2) is 45.3 Å². The van der Waals surface area contributed by atoms with Crippen molar-refractivity contribution >= 4 is 118 Å². The summed E-state index contributed by atoms with van der Waals surface area (Å²) in [6.45, 7) is 1.97. The van der Waals surface area contributed by atoms with Crippen LogP contribution in [0.5, 0.6) is 0 Å². The number of hydrogen-bond donors (Lipinski definition) is 3. The highest BCUT2D eigenvalue weighted by molar-refractivity contribution is 14.1. The van der Waals surface area contributed by atoms with Crippen molar-refractivity contribution in [1.82, 2.24) is 10.6 Å². The summed E-state index contributed by atoms with van der Waals surface area (Å²) in [5, 5.41) is 8.68. The Hall–Kier alpha value is 0.160. The summed E-state index contributed by atoms with van der Waals surface area (Å²) in [5.74, 6) is -0.402. The number of hydrogen-bond acceptors (Lipinski definition) is 2. The van der Waals surface area contributed by atoms with Crippen LogP contribution in [0.3, 0.4) is 0 Å². The number of carbonyl (C=O) groups is 1. The molecule has 3 N–H and O–H groups in total. The minimum atomic E-state index is -1.84. The van der Waals surface area contributed by atoms with Crippen LogP contribution >= 0.6 is 101 Å². The third-order valence-corrected chi connectivity index (χ3v) is 6.25. The van der Waals surface area contributed by atoms with Gasteiger partial charge in [-0.15, -0.1) is 0 Å². The van der Waals surface area contributed by atoms with Crippen molar-refractivity contribution in [1.29, 1.82) is 0 Å². The maximum Gasteiger partial charge on any atom is 0.252 e. The highest BCUT2D eigenvalue weighted by Crippen LogP contribution is 2.33. The van der Waals surface area contributed by atoms with E-state index in [0.717, 1.165) is 18.1 Å². The first-order valence-electron chi connectivity index (χ1n) is 7.63. The van der Waals surface area contributed by atoms with Gasteiger partial charge in [0.15, 0.2) is 5.11 Å². The highest BCUT2D eigenvalue weighted by Gasteiger charge is 2.35. The largest absolute Gasteiger partial charge is 0.339 e. The van der Waals surface area contributed by atoms with E-state index in [0.29, 0.717) is 11.3 Å². The van der Waals surface area contributed by atoms with Gasteiger partial charge < -0.3 is 16.0 Å². The summed E-state index contributed by atoms with van der Waals surface area (Å²) >= 11 is 32.5. The summed E-state index contributed by atoms with van der Waals surface area (Å²) < 4.78 is 0.769. The molecule has 1 unspecified atom stereocenters. The summed E-state index contributed by atoms with van der Waals surface area (Å²) in [5.41, 5.74) is 2.20. The van der Waals surface area contributed by atoms with E-state index in [1.54, 1.807) is 12.1 Å². The van der Waals surface area contributed by atoms with Crippen LogP contribution in [0.4, 0.5) is 5.69 Å². The molecule has 2 aromatic rings. The van der Waals surface area contributed by atoms with Gasteiger partial charge in [-0.05, 0) is 116 Å². The lowest BCUT2D eigenvalue weighted by Crippen LogP contribution is -2.56. The molecule has 0 radical (unpaired) electrons. The molecule has 4 nitrogen and oxygen atoms in total.